The first-order valence-corrected chi connectivity index (χ1v) is 5.32. The van der Waals surface area contributed by atoms with Gasteiger partial charge in [0.25, 0.3) is 0 Å². The molecule has 0 aromatic carbocycles. The van der Waals surface area contributed by atoms with Crippen LogP contribution in [0.25, 0.3) is 0 Å². The Morgan fingerprint density at radius 1 is 1.28 bits per heavy atom. The van der Waals surface area contributed by atoms with E-state index in [4.69, 9.17) is 5.11 Å². The van der Waals surface area contributed by atoms with E-state index in [1.165, 1.54) is 0 Å². The number of aromatic carboxylic acids is 1. The Labute approximate surface area is 100 Å². The van der Waals surface area contributed by atoms with Crippen molar-refractivity contribution >= 4 is 11.8 Å². The lowest BCUT2D eigenvalue weighted by Crippen LogP contribution is -2.23. The van der Waals surface area contributed by atoms with Crippen LogP contribution in [0, 0.1) is 0 Å². The number of aromatic nitrogens is 2. The molecular formula is C10H10F3N3O2. The number of rotatable bonds is 2. The molecule has 1 aliphatic heterocycles. The van der Waals surface area contributed by atoms with Crippen LogP contribution in [0.5, 0.6) is 0 Å². The lowest BCUT2D eigenvalue weighted by atomic mass is 10.3. The van der Waals surface area contributed by atoms with Crippen molar-refractivity contribution in [3.63, 3.8) is 0 Å². The topological polar surface area (TPSA) is 66.3 Å². The zero-order valence-electron chi connectivity index (χ0n) is 9.24. The summed E-state index contributed by atoms with van der Waals surface area (Å²) in [6, 6.07) is 0.789. The van der Waals surface area contributed by atoms with E-state index in [1.807, 2.05) is 0 Å². The van der Waals surface area contributed by atoms with Gasteiger partial charge >= 0.3 is 12.1 Å². The van der Waals surface area contributed by atoms with Gasteiger partial charge in [-0.1, -0.05) is 0 Å². The summed E-state index contributed by atoms with van der Waals surface area (Å²) in [6.07, 6.45) is -2.97. The van der Waals surface area contributed by atoms with Gasteiger partial charge in [0, 0.05) is 19.2 Å². The third kappa shape index (κ3) is 2.52. The van der Waals surface area contributed by atoms with Crippen molar-refractivity contribution in [3.05, 3.63) is 17.6 Å². The van der Waals surface area contributed by atoms with Gasteiger partial charge in [-0.15, -0.1) is 0 Å². The zero-order chi connectivity index (χ0) is 13.3. The van der Waals surface area contributed by atoms with Gasteiger partial charge in [-0.2, -0.15) is 13.2 Å². The standard InChI is InChI=1S/C10H10F3N3O2/c11-10(12,13)6-5-7(16-3-1-2-4-16)15-8(14-6)9(17)18/h5H,1-4H2,(H,17,18). The average Bonchev–Trinajstić information content (AvgIpc) is 2.80. The largest absolute Gasteiger partial charge is 0.475 e. The van der Waals surface area contributed by atoms with E-state index in [0.717, 1.165) is 18.9 Å². The number of nitrogens with zero attached hydrogens (tertiary/aromatic N) is 3. The molecule has 1 saturated heterocycles. The third-order valence-electron chi connectivity index (χ3n) is 2.62. The van der Waals surface area contributed by atoms with Crippen LogP contribution in [0.3, 0.4) is 0 Å². The molecule has 18 heavy (non-hydrogen) atoms. The molecule has 0 spiro atoms. The van der Waals surface area contributed by atoms with E-state index in [9.17, 15) is 18.0 Å². The minimum atomic E-state index is -4.68. The maximum atomic E-state index is 12.6. The van der Waals surface area contributed by atoms with Crippen LogP contribution in [0.1, 0.15) is 29.2 Å². The van der Waals surface area contributed by atoms with Crippen molar-refractivity contribution in [1.29, 1.82) is 0 Å². The molecule has 1 aromatic rings. The van der Waals surface area contributed by atoms with Gasteiger partial charge in [0.15, 0.2) is 5.69 Å². The van der Waals surface area contributed by atoms with Crippen LogP contribution in [0.4, 0.5) is 19.0 Å². The molecule has 98 valence electrons. The zero-order valence-corrected chi connectivity index (χ0v) is 9.24. The number of alkyl halides is 3. The van der Waals surface area contributed by atoms with Crippen molar-refractivity contribution in [2.45, 2.75) is 19.0 Å². The normalized spacial score (nSPS) is 16.1. The molecule has 0 unspecified atom stereocenters. The van der Waals surface area contributed by atoms with Crippen LogP contribution in [-0.2, 0) is 6.18 Å². The summed E-state index contributed by atoms with van der Waals surface area (Å²) in [5.41, 5.74) is -1.23. The quantitative estimate of drug-likeness (QED) is 0.879. The molecule has 1 fully saturated rings. The molecule has 2 heterocycles. The van der Waals surface area contributed by atoms with Crippen molar-refractivity contribution < 1.29 is 23.1 Å². The number of carboxylic acids is 1. The van der Waals surface area contributed by atoms with Gasteiger partial charge in [-0.05, 0) is 12.8 Å². The minimum absolute atomic E-state index is 0.0206. The van der Waals surface area contributed by atoms with Crippen molar-refractivity contribution in [2.24, 2.45) is 0 Å². The van der Waals surface area contributed by atoms with Gasteiger partial charge in [-0.3, -0.25) is 0 Å². The molecule has 0 saturated carbocycles. The van der Waals surface area contributed by atoms with Gasteiger partial charge in [0.1, 0.15) is 5.82 Å². The average molecular weight is 261 g/mol. The Bertz CT molecular complexity index is 470. The summed E-state index contributed by atoms with van der Waals surface area (Å²) < 4.78 is 37.8. The van der Waals surface area contributed by atoms with E-state index in [2.05, 4.69) is 9.97 Å². The number of carboxylic acid groups (broad SMARTS) is 1. The van der Waals surface area contributed by atoms with Crippen LogP contribution in [-0.4, -0.2) is 34.1 Å². The molecule has 8 heteroatoms. The lowest BCUT2D eigenvalue weighted by Gasteiger charge is -2.17. The van der Waals surface area contributed by atoms with Crippen molar-refractivity contribution in [1.82, 2.24) is 9.97 Å². The smallest absolute Gasteiger partial charge is 0.433 e. The second kappa shape index (κ2) is 4.43. The van der Waals surface area contributed by atoms with Gasteiger partial charge < -0.3 is 10.0 Å². The predicted molar refractivity (Wildman–Crippen MR) is 55.4 cm³/mol. The fourth-order valence-corrected chi connectivity index (χ4v) is 1.78. The summed E-state index contributed by atoms with van der Waals surface area (Å²) in [6.45, 7) is 1.15. The third-order valence-corrected chi connectivity index (χ3v) is 2.62. The maximum absolute atomic E-state index is 12.6. The van der Waals surface area contributed by atoms with Gasteiger partial charge in [0.2, 0.25) is 5.82 Å². The highest BCUT2D eigenvalue weighted by atomic mass is 19.4. The highest BCUT2D eigenvalue weighted by molar-refractivity contribution is 5.83. The van der Waals surface area contributed by atoms with E-state index in [1.54, 1.807) is 4.90 Å². The first-order valence-electron chi connectivity index (χ1n) is 5.32. The second-order valence-corrected chi connectivity index (χ2v) is 3.93. The number of carbonyl (C=O) groups is 1. The van der Waals surface area contributed by atoms with E-state index in [-0.39, 0.29) is 5.82 Å². The summed E-state index contributed by atoms with van der Waals surface area (Å²) in [5.74, 6) is -2.37. The Balaban J connectivity index is 2.45. The fourth-order valence-electron chi connectivity index (χ4n) is 1.78. The SMILES string of the molecule is O=C(O)c1nc(N2CCCC2)cc(C(F)(F)F)n1. The molecule has 0 amide bonds. The summed E-state index contributed by atoms with van der Waals surface area (Å²) in [5, 5.41) is 8.73. The number of halogens is 3. The van der Waals surface area contributed by atoms with Gasteiger partial charge in [0.05, 0.1) is 0 Å². The number of anilines is 1. The molecule has 0 bridgehead atoms. The van der Waals surface area contributed by atoms with Crippen molar-refractivity contribution in [2.75, 3.05) is 18.0 Å². The molecule has 1 aromatic heterocycles. The Kier molecular flexibility index (Phi) is 3.10. The summed E-state index contributed by atoms with van der Waals surface area (Å²) in [7, 11) is 0. The highest BCUT2D eigenvalue weighted by Gasteiger charge is 2.35. The molecule has 5 nitrogen and oxygen atoms in total. The monoisotopic (exact) mass is 261 g/mol. The Morgan fingerprint density at radius 3 is 2.39 bits per heavy atom. The molecule has 1 aliphatic rings. The Hall–Kier alpha value is -1.86. The first-order chi connectivity index (χ1) is 8.38. The Morgan fingerprint density at radius 2 is 1.89 bits per heavy atom. The predicted octanol–water partition coefficient (Wildman–Crippen LogP) is 1.79. The van der Waals surface area contributed by atoms with E-state index < -0.39 is 23.7 Å². The van der Waals surface area contributed by atoms with Crippen LogP contribution < -0.4 is 4.90 Å². The highest BCUT2D eigenvalue weighted by Crippen LogP contribution is 2.30. The summed E-state index contributed by atoms with van der Waals surface area (Å²) >= 11 is 0. The van der Waals surface area contributed by atoms with Crippen LogP contribution in [0.2, 0.25) is 0 Å². The van der Waals surface area contributed by atoms with Crippen LogP contribution in [0.15, 0.2) is 6.07 Å². The molecule has 0 radical (unpaired) electrons. The summed E-state index contributed by atoms with van der Waals surface area (Å²) in [4.78, 5) is 19.0. The second-order valence-electron chi connectivity index (χ2n) is 3.93. The lowest BCUT2D eigenvalue weighted by molar-refractivity contribution is -0.141. The molecule has 0 atom stereocenters. The van der Waals surface area contributed by atoms with E-state index >= 15 is 0 Å². The van der Waals surface area contributed by atoms with Gasteiger partial charge in [-0.25, -0.2) is 14.8 Å². The fraction of sp³-hybridized carbons (Fsp3) is 0.500. The molecular weight excluding hydrogens is 251 g/mol. The number of hydrogen-bond donors (Lipinski definition) is 1. The molecule has 2 rings (SSSR count). The van der Waals surface area contributed by atoms with Crippen molar-refractivity contribution in [3.8, 4) is 0 Å². The molecule has 0 aliphatic carbocycles. The molecule has 1 N–H and O–H groups in total. The first kappa shape index (κ1) is 12.6. The minimum Gasteiger partial charge on any atom is -0.475 e. The van der Waals surface area contributed by atoms with Crippen LogP contribution >= 0.6 is 0 Å². The van der Waals surface area contributed by atoms with E-state index in [0.29, 0.717) is 13.1 Å². The maximum Gasteiger partial charge on any atom is 0.433 e. The number of hydrogen-bond acceptors (Lipinski definition) is 4.